The minimum atomic E-state index is -0.410. The molecule has 2 rings (SSSR count). The van der Waals surface area contributed by atoms with Crippen LogP contribution in [0.5, 0.6) is 0 Å². The average molecular weight is 211 g/mol. The first-order chi connectivity index (χ1) is 7.16. The van der Waals surface area contributed by atoms with Crippen LogP contribution in [0.1, 0.15) is 32.6 Å². The van der Waals surface area contributed by atoms with Gasteiger partial charge in [-0.1, -0.05) is 6.92 Å². The first-order valence-electron chi connectivity index (χ1n) is 5.96. The Bertz CT molecular complexity index is 242. The summed E-state index contributed by atoms with van der Waals surface area (Å²) in [5.41, 5.74) is 5.14. The SMILES string of the molecule is CCN1CCC(NC2CC2)(C(N)=O)CC1. The zero-order chi connectivity index (χ0) is 10.9. The molecule has 0 spiro atoms. The summed E-state index contributed by atoms with van der Waals surface area (Å²) in [6, 6.07) is 0.547. The van der Waals surface area contributed by atoms with E-state index in [2.05, 4.69) is 17.1 Å². The third-order valence-corrected chi connectivity index (χ3v) is 3.69. The van der Waals surface area contributed by atoms with Gasteiger partial charge in [-0.25, -0.2) is 0 Å². The number of amides is 1. The summed E-state index contributed by atoms with van der Waals surface area (Å²) in [6.45, 7) is 5.20. The molecule has 0 aromatic heterocycles. The van der Waals surface area contributed by atoms with Crippen LogP contribution in [0, 0.1) is 0 Å². The van der Waals surface area contributed by atoms with E-state index in [9.17, 15) is 4.79 Å². The van der Waals surface area contributed by atoms with Crippen molar-refractivity contribution in [1.29, 1.82) is 0 Å². The second-order valence-corrected chi connectivity index (χ2v) is 4.80. The molecule has 1 saturated heterocycles. The van der Waals surface area contributed by atoms with Gasteiger partial charge in [0.1, 0.15) is 5.54 Å². The highest BCUT2D eigenvalue weighted by molar-refractivity contribution is 5.85. The Morgan fingerprint density at radius 2 is 2.07 bits per heavy atom. The lowest BCUT2D eigenvalue weighted by Gasteiger charge is -2.40. The van der Waals surface area contributed by atoms with Crippen LogP contribution in [-0.2, 0) is 4.79 Å². The highest BCUT2D eigenvalue weighted by Crippen LogP contribution is 2.28. The maximum Gasteiger partial charge on any atom is 0.237 e. The quantitative estimate of drug-likeness (QED) is 0.692. The fraction of sp³-hybridized carbons (Fsp3) is 0.909. The van der Waals surface area contributed by atoms with Crippen LogP contribution in [-0.4, -0.2) is 42.0 Å². The van der Waals surface area contributed by atoms with E-state index >= 15 is 0 Å². The van der Waals surface area contributed by atoms with E-state index in [4.69, 9.17) is 5.73 Å². The molecule has 86 valence electrons. The van der Waals surface area contributed by atoms with Crippen molar-refractivity contribution in [1.82, 2.24) is 10.2 Å². The van der Waals surface area contributed by atoms with E-state index < -0.39 is 5.54 Å². The molecule has 0 unspecified atom stereocenters. The molecule has 1 aliphatic carbocycles. The number of carbonyl (C=O) groups excluding carboxylic acids is 1. The molecular weight excluding hydrogens is 190 g/mol. The van der Waals surface area contributed by atoms with Gasteiger partial charge in [0.2, 0.25) is 5.91 Å². The molecule has 0 bridgehead atoms. The van der Waals surface area contributed by atoms with Gasteiger partial charge < -0.3 is 16.0 Å². The van der Waals surface area contributed by atoms with Gasteiger partial charge in [-0.2, -0.15) is 0 Å². The Morgan fingerprint density at radius 3 is 2.47 bits per heavy atom. The average Bonchev–Trinajstić information content (AvgIpc) is 3.02. The van der Waals surface area contributed by atoms with Gasteiger partial charge in [-0.3, -0.25) is 4.79 Å². The van der Waals surface area contributed by atoms with Gasteiger partial charge in [-0.15, -0.1) is 0 Å². The standard InChI is InChI=1S/C11H21N3O/c1-2-14-7-5-11(6-8-14,10(12)15)13-9-3-4-9/h9,13H,2-8H2,1H3,(H2,12,15). The molecule has 1 aliphatic heterocycles. The molecule has 2 aliphatic rings. The molecule has 4 heteroatoms. The number of nitrogens with one attached hydrogen (secondary N) is 1. The van der Waals surface area contributed by atoms with E-state index in [-0.39, 0.29) is 5.91 Å². The van der Waals surface area contributed by atoms with Crippen molar-refractivity contribution in [3.05, 3.63) is 0 Å². The minimum absolute atomic E-state index is 0.162. The van der Waals surface area contributed by atoms with Gasteiger partial charge in [0.05, 0.1) is 0 Å². The van der Waals surface area contributed by atoms with Crippen molar-refractivity contribution < 1.29 is 4.79 Å². The van der Waals surface area contributed by atoms with Gasteiger partial charge in [-0.05, 0) is 32.2 Å². The van der Waals surface area contributed by atoms with Crippen LogP contribution in [0.25, 0.3) is 0 Å². The topological polar surface area (TPSA) is 58.4 Å². The van der Waals surface area contributed by atoms with Crippen molar-refractivity contribution in [2.75, 3.05) is 19.6 Å². The van der Waals surface area contributed by atoms with Gasteiger partial charge in [0, 0.05) is 19.1 Å². The number of piperidine rings is 1. The second-order valence-electron chi connectivity index (χ2n) is 4.80. The Labute approximate surface area is 91.2 Å². The molecule has 0 radical (unpaired) electrons. The lowest BCUT2D eigenvalue weighted by Crippen LogP contribution is -2.61. The predicted molar refractivity (Wildman–Crippen MR) is 59.4 cm³/mol. The molecule has 1 saturated carbocycles. The Kier molecular flexibility index (Phi) is 2.98. The van der Waals surface area contributed by atoms with E-state index in [1.165, 1.54) is 12.8 Å². The molecule has 2 fully saturated rings. The number of nitrogens with zero attached hydrogens (tertiary/aromatic N) is 1. The number of carbonyl (C=O) groups is 1. The highest BCUT2D eigenvalue weighted by atomic mass is 16.1. The summed E-state index contributed by atoms with van der Waals surface area (Å²) >= 11 is 0. The Hall–Kier alpha value is -0.610. The molecular formula is C11H21N3O. The third kappa shape index (κ3) is 2.32. The number of likely N-dealkylation sites (tertiary alicyclic amines) is 1. The normalized spacial score (nSPS) is 26.5. The van der Waals surface area contributed by atoms with E-state index in [1.54, 1.807) is 0 Å². The van der Waals surface area contributed by atoms with Crippen LogP contribution in [0.3, 0.4) is 0 Å². The monoisotopic (exact) mass is 211 g/mol. The summed E-state index contributed by atoms with van der Waals surface area (Å²) in [7, 11) is 0. The zero-order valence-electron chi connectivity index (χ0n) is 9.46. The molecule has 1 amide bonds. The van der Waals surface area contributed by atoms with E-state index in [1.807, 2.05) is 0 Å². The number of nitrogens with two attached hydrogens (primary N) is 1. The van der Waals surface area contributed by atoms with Crippen molar-refractivity contribution in [2.45, 2.75) is 44.2 Å². The van der Waals surface area contributed by atoms with E-state index in [0.29, 0.717) is 6.04 Å². The Balaban J connectivity index is 1.97. The Morgan fingerprint density at radius 1 is 1.47 bits per heavy atom. The fourth-order valence-corrected chi connectivity index (χ4v) is 2.33. The first kappa shape index (κ1) is 10.9. The lowest BCUT2D eigenvalue weighted by atomic mass is 9.86. The first-order valence-corrected chi connectivity index (χ1v) is 5.96. The van der Waals surface area contributed by atoms with Gasteiger partial charge in [0.25, 0.3) is 0 Å². The molecule has 4 nitrogen and oxygen atoms in total. The number of rotatable bonds is 4. The molecule has 3 N–H and O–H groups in total. The van der Waals surface area contributed by atoms with Gasteiger partial charge >= 0.3 is 0 Å². The lowest BCUT2D eigenvalue weighted by molar-refractivity contribution is -0.126. The summed E-state index contributed by atoms with van der Waals surface area (Å²) in [4.78, 5) is 13.9. The third-order valence-electron chi connectivity index (χ3n) is 3.69. The predicted octanol–water partition coefficient (Wildman–Crippen LogP) is 0.0782. The van der Waals surface area contributed by atoms with Gasteiger partial charge in [0.15, 0.2) is 0 Å². The smallest absolute Gasteiger partial charge is 0.237 e. The summed E-state index contributed by atoms with van der Waals surface area (Å²) in [5, 5.41) is 3.45. The van der Waals surface area contributed by atoms with Crippen LogP contribution in [0.4, 0.5) is 0 Å². The summed E-state index contributed by atoms with van der Waals surface area (Å²) < 4.78 is 0. The summed E-state index contributed by atoms with van der Waals surface area (Å²) in [5.74, 6) is -0.162. The van der Waals surface area contributed by atoms with Crippen LogP contribution in [0.15, 0.2) is 0 Å². The molecule has 15 heavy (non-hydrogen) atoms. The van der Waals surface area contributed by atoms with Crippen LogP contribution in [0.2, 0.25) is 0 Å². The van der Waals surface area contributed by atoms with E-state index in [0.717, 1.165) is 32.5 Å². The molecule has 0 atom stereocenters. The molecule has 1 heterocycles. The molecule has 0 aromatic rings. The maximum absolute atomic E-state index is 11.6. The second kappa shape index (κ2) is 4.10. The molecule has 0 aromatic carbocycles. The minimum Gasteiger partial charge on any atom is -0.368 e. The van der Waals surface area contributed by atoms with Crippen molar-refractivity contribution in [3.63, 3.8) is 0 Å². The van der Waals surface area contributed by atoms with Crippen molar-refractivity contribution in [3.8, 4) is 0 Å². The highest BCUT2D eigenvalue weighted by Gasteiger charge is 2.42. The number of hydrogen-bond donors (Lipinski definition) is 2. The largest absolute Gasteiger partial charge is 0.368 e. The summed E-state index contributed by atoms with van der Waals surface area (Å²) in [6.07, 6.45) is 4.14. The van der Waals surface area contributed by atoms with Crippen LogP contribution >= 0.6 is 0 Å². The number of hydrogen-bond acceptors (Lipinski definition) is 3. The fourth-order valence-electron chi connectivity index (χ4n) is 2.33. The van der Waals surface area contributed by atoms with Crippen LogP contribution < -0.4 is 11.1 Å². The van der Waals surface area contributed by atoms with Crippen molar-refractivity contribution >= 4 is 5.91 Å². The van der Waals surface area contributed by atoms with Crippen molar-refractivity contribution in [2.24, 2.45) is 5.73 Å². The number of primary amides is 1. The maximum atomic E-state index is 11.6. The zero-order valence-corrected chi connectivity index (χ0v) is 9.46.